The molecule has 23 heavy (non-hydrogen) atoms. The first kappa shape index (κ1) is 16.0. The number of hydrogen-bond donors (Lipinski definition) is 0. The van der Waals surface area contributed by atoms with Crippen LogP contribution in [0.2, 0.25) is 0 Å². The molecule has 4 nitrogen and oxygen atoms in total. The molecule has 0 radical (unpaired) electrons. The molecule has 0 heterocycles. The smallest absolute Gasteiger partial charge is 0.337 e. The molecule has 1 aromatic carbocycles. The van der Waals surface area contributed by atoms with Gasteiger partial charge >= 0.3 is 11.9 Å². The Labute approximate surface area is 137 Å². The molecule has 0 bridgehead atoms. The van der Waals surface area contributed by atoms with E-state index in [-0.39, 0.29) is 17.4 Å². The van der Waals surface area contributed by atoms with Crippen LogP contribution in [0.25, 0.3) is 0 Å². The Balaban J connectivity index is 1.72. The molecule has 124 valence electrons. The molecule has 3 rings (SSSR count). The SMILES string of the molecule is COC(=O)c1ccc2c(c1)CCC21CC1CC(=O)OC(C)(C)C. The maximum absolute atomic E-state index is 12.1. The average molecular weight is 316 g/mol. The van der Waals surface area contributed by atoms with Crippen molar-refractivity contribution in [1.82, 2.24) is 0 Å². The lowest BCUT2D eigenvalue weighted by Gasteiger charge is -2.20. The van der Waals surface area contributed by atoms with Gasteiger partial charge in [0.25, 0.3) is 0 Å². The van der Waals surface area contributed by atoms with Crippen molar-refractivity contribution in [3.8, 4) is 0 Å². The number of aryl methyl sites for hydroxylation is 1. The molecule has 1 aromatic rings. The van der Waals surface area contributed by atoms with E-state index in [1.54, 1.807) is 0 Å². The van der Waals surface area contributed by atoms with Crippen molar-refractivity contribution in [2.24, 2.45) is 5.92 Å². The van der Waals surface area contributed by atoms with Gasteiger partial charge in [-0.1, -0.05) is 6.07 Å². The lowest BCUT2D eigenvalue weighted by Crippen LogP contribution is -2.24. The molecule has 0 amide bonds. The Kier molecular flexibility index (Phi) is 3.74. The normalized spacial score (nSPS) is 25.1. The van der Waals surface area contributed by atoms with E-state index in [1.165, 1.54) is 18.2 Å². The first-order chi connectivity index (χ1) is 10.7. The summed E-state index contributed by atoms with van der Waals surface area (Å²) < 4.78 is 10.2. The molecule has 2 atom stereocenters. The molecular formula is C19H24O4. The zero-order chi connectivity index (χ0) is 16.8. The van der Waals surface area contributed by atoms with Gasteiger partial charge in [-0.2, -0.15) is 0 Å². The number of benzene rings is 1. The Hall–Kier alpha value is -1.84. The van der Waals surface area contributed by atoms with Crippen LogP contribution in [0.4, 0.5) is 0 Å². The minimum Gasteiger partial charge on any atom is -0.465 e. The number of methoxy groups -OCH3 is 1. The summed E-state index contributed by atoms with van der Waals surface area (Å²) in [7, 11) is 1.40. The van der Waals surface area contributed by atoms with Crippen molar-refractivity contribution in [1.29, 1.82) is 0 Å². The van der Waals surface area contributed by atoms with E-state index >= 15 is 0 Å². The van der Waals surface area contributed by atoms with Crippen LogP contribution in [0.3, 0.4) is 0 Å². The van der Waals surface area contributed by atoms with Gasteiger partial charge in [0.1, 0.15) is 5.60 Å². The quantitative estimate of drug-likeness (QED) is 0.802. The van der Waals surface area contributed by atoms with Crippen molar-refractivity contribution >= 4 is 11.9 Å². The largest absolute Gasteiger partial charge is 0.465 e. The zero-order valence-electron chi connectivity index (χ0n) is 14.3. The van der Waals surface area contributed by atoms with Crippen molar-refractivity contribution in [2.75, 3.05) is 7.11 Å². The molecule has 1 fully saturated rings. The van der Waals surface area contributed by atoms with Crippen molar-refractivity contribution in [3.63, 3.8) is 0 Å². The van der Waals surface area contributed by atoms with Crippen LogP contribution in [0, 0.1) is 5.92 Å². The average Bonchev–Trinajstić information content (AvgIpc) is 3.01. The number of fused-ring (bicyclic) bond motifs is 2. The first-order valence-corrected chi connectivity index (χ1v) is 8.19. The summed E-state index contributed by atoms with van der Waals surface area (Å²) in [5, 5.41) is 0. The van der Waals surface area contributed by atoms with Crippen molar-refractivity contribution < 1.29 is 19.1 Å². The lowest BCUT2D eigenvalue weighted by molar-refractivity contribution is -0.155. The number of carbonyl (C=O) groups is 2. The molecule has 2 aliphatic rings. The third-order valence-corrected chi connectivity index (χ3v) is 4.97. The molecule has 0 N–H and O–H groups in total. The minimum atomic E-state index is -0.428. The monoisotopic (exact) mass is 316 g/mol. The number of ether oxygens (including phenoxy) is 2. The molecule has 2 aliphatic carbocycles. The third-order valence-electron chi connectivity index (χ3n) is 4.97. The van der Waals surface area contributed by atoms with Gasteiger partial charge in [-0.3, -0.25) is 4.79 Å². The number of hydrogen-bond acceptors (Lipinski definition) is 4. The first-order valence-electron chi connectivity index (χ1n) is 8.19. The Morgan fingerprint density at radius 1 is 1.30 bits per heavy atom. The van der Waals surface area contributed by atoms with Crippen LogP contribution in [0.5, 0.6) is 0 Å². The fourth-order valence-electron chi connectivity index (χ4n) is 3.89. The van der Waals surface area contributed by atoms with Gasteiger partial charge in [-0.15, -0.1) is 0 Å². The van der Waals surface area contributed by atoms with E-state index in [9.17, 15) is 9.59 Å². The second kappa shape index (κ2) is 5.36. The van der Waals surface area contributed by atoms with Gasteiger partial charge in [0.15, 0.2) is 0 Å². The van der Waals surface area contributed by atoms with E-state index in [0.717, 1.165) is 19.3 Å². The summed E-state index contributed by atoms with van der Waals surface area (Å²) >= 11 is 0. The zero-order valence-corrected chi connectivity index (χ0v) is 14.3. The molecule has 4 heteroatoms. The summed E-state index contributed by atoms with van der Waals surface area (Å²) in [5.74, 6) is -0.0450. The summed E-state index contributed by atoms with van der Waals surface area (Å²) in [5.41, 5.74) is 2.83. The Morgan fingerprint density at radius 2 is 2.04 bits per heavy atom. The van der Waals surface area contributed by atoms with Gasteiger partial charge in [-0.05, 0) is 74.6 Å². The standard InChI is InChI=1S/C19H24O4/c1-18(2,3)23-16(20)10-14-11-19(14)8-7-12-9-13(17(21)22-4)5-6-15(12)19/h5-6,9,14H,7-8,10-11H2,1-4H3. The Bertz CT molecular complexity index is 656. The summed E-state index contributed by atoms with van der Waals surface area (Å²) in [6.07, 6.45) is 3.54. The van der Waals surface area contributed by atoms with E-state index in [2.05, 4.69) is 0 Å². The Morgan fingerprint density at radius 3 is 2.70 bits per heavy atom. The van der Waals surface area contributed by atoms with E-state index in [0.29, 0.717) is 17.9 Å². The number of esters is 2. The minimum absolute atomic E-state index is 0.112. The van der Waals surface area contributed by atoms with Crippen molar-refractivity contribution in [3.05, 3.63) is 34.9 Å². The molecule has 1 spiro atoms. The molecule has 0 aromatic heterocycles. The topological polar surface area (TPSA) is 52.6 Å². The molecule has 1 saturated carbocycles. The maximum atomic E-state index is 12.1. The van der Waals surface area contributed by atoms with E-state index < -0.39 is 5.60 Å². The van der Waals surface area contributed by atoms with Gasteiger partial charge in [-0.25, -0.2) is 4.79 Å². The molecule has 2 unspecified atom stereocenters. The summed E-state index contributed by atoms with van der Waals surface area (Å²) in [4.78, 5) is 23.7. The fraction of sp³-hybridized carbons (Fsp3) is 0.579. The third kappa shape index (κ3) is 2.99. The second-order valence-corrected chi connectivity index (χ2v) is 7.71. The van der Waals surface area contributed by atoms with Gasteiger partial charge < -0.3 is 9.47 Å². The van der Waals surface area contributed by atoms with E-state index in [4.69, 9.17) is 9.47 Å². The number of carbonyl (C=O) groups excluding carboxylic acids is 2. The van der Waals surface area contributed by atoms with Gasteiger partial charge in [0.2, 0.25) is 0 Å². The van der Waals surface area contributed by atoms with Crippen LogP contribution >= 0.6 is 0 Å². The lowest BCUT2D eigenvalue weighted by atomic mass is 9.93. The van der Waals surface area contributed by atoms with Crippen molar-refractivity contribution in [2.45, 2.75) is 57.5 Å². The highest BCUT2D eigenvalue weighted by molar-refractivity contribution is 5.89. The summed E-state index contributed by atoms with van der Waals surface area (Å²) in [6, 6.07) is 5.82. The van der Waals surface area contributed by atoms with Crippen LogP contribution in [0.15, 0.2) is 18.2 Å². The maximum Gasteiger partial charge on any atom is 0.337 e. The molecular weight excluding hydrogens is 292 g/mol. The molecule has 0 saturated heterocycles. The second-order valence-electron chi connectivity index (χ2n) is 7.71. The highest BCUT2D eigenvalue weighted by Gasteiger charge is 2.58. The van der Waals surface area contributed by atoms with Crippen LogP contribution in [-0.4, -0.2) is 24.6 Å². The number of rotatable bonds is 3. The van der Waals surface area contributed by atoms with E-state index in [1.807, 2.05) is 39.0 Å². The van der Waals surface area contributed by atoms with Crippen LogP contribution in [0.1, 0.15) is 61.5 Å². The van der Waals surface area contributed by atoms with Gasteiger partial charge in [0.05, 0.1) is 12.7 Å². The highest BCUT2D eigenvalue weighted by atomic mass is 16.6. The fourth-order valence-corrected chi connectivity index (χ4v) is 3.89. The van der Waals surface area contributed by atoms with Crippen LogP contribution < -0.4 is 0 Å². The van der Waals surface area contributed by atoms with Crippen LogP contribution in [-0.2, 0) is 26.1 Å². The van der Waals surface area contributed by atoms with Gasteiger partial charge in [0, 0.05) is 6.42 Å². The predicted octanol–water partition coefficient (Wildman–Crippen LogP) is 3.41. The summed E-state index contributed by atoms with van der Waals surface area (Å²) in [6.45, 7) is 5.69. The highest BCUT2D eigenvalue weighted by Crippen LogP contribution is 2.62. The molecule has 0 aliphatic heterocycles. The predicted molar refractivity (Wildman–Crippen MR) is 86.3 cm³/mol.